The van der Waals surface area contributed by atoms with E-state index in [-0.39, 0.29) is 11.6 Å². The number of aromatic nitrogens is 1. The normalized spacial score (nSPS) is 12.3. The molecule has 0 saturated carbocycles. The van der Waals surface area contributed by atoms with Gasteiger partial charge in [-0.3, -0.25) is 0 Å². The van der Waals surface area contributed by atoms with Gasteiger partial charge < -0.3 is 14.7 Å². The molecular formula is C18H16FNO3. The van der Waals surface area contributed by atoms with E-state index in [4.69, 9.17) is 4.52 Å². The zero-order valence-electron chi connectivity index (χ0n) is 12.7. The van der Waals surface area contributed by atoms with Gasteiger partial charge in [0.05, 0.1) is 5.69 Å². The Balaban J connectivity index is 2.05. The van der Waals surface area contributed by atoms with E-state index in [2.05, 4.69) is 5.16 Å². The fraction of sp³-hybridized carbons (Fsp3) is 0.167. The van der Waals surface area contributed by atoms with Crippen LogP contribution >= 0.6 is 0 Å². The number of hydrogen-bond acceptors (Lipinski definition) is 4. The number of phenolic OH excluding ortho intramolecular Hbond substituents is 1. The summed E-state index contributed by atoms with van der Waals surface area (Å²) in [5.41, 5.74) is 3.24. The maximum Gasteiger partial charge on any atom is 0.141 e. The molecule has 118 valence electrons. The zero-order chi connectivity index (χ0) is 16.6. The van der Waals surface area contributed by atoms with Crippen LogP contribution in [0.4, 0.5) is 4.39 Å². The Morgan fingerprint density at radius 3 is 2.35 bits per heavy atom. The number of nitrogens with zero attached hydrogens (tertiary/aromatic N) is 1. The first kappa shape index (κ1) is 15.2. The van der Waals surface area contributed by atoms with E-state index in [1.165, 1.54) is 30.3 Å². The number of halogens is 1. The summed E-state index contributed by atoms with van der Waals surface area (Å²) in [7, 11) is 0. The molecule has 23 heavy (non-hydrogen) atoms. The molecule has 0 radical (unpaired) electrons. The highest BCUT2D eigenvalue weighted by Gasteiger charge is 2.17. The Morgan fingerprint density at radius 2 is 1.74 bits per heavy atom. The predicted octanol–water partition coefficient (Wildman–Crippen LogP) is 3.88. The van der Waals surface area contributed by atoms with Gasteiger partial charge in [-0.15, -0.1) is 0 Å². The smallest absolute Gasteiger partial charge is 0.141 e. The summed E-state index contributed by atoms with van der Waals surface area (Å²) in [6.45, 7) is 3.60. The predicted molar refractivity (Wildman–Crippen MR) is 83.5 cm³/mol. The SMILES string of the molecule is Cc1noc(C)c1-c1cc(O)cc(C(O)c2ccc(F)cc2)c1. The summed E-state index contributed by atoms with van der Waals surface area (Å²) in [6.07, 6.45) is -0.970. The quantitative estimate of drug-likeness (QED) is 0.770. The summed E-state index contributed by atoms with van der Waals surface area (Å²) in [5.74, 6) is 0.294. The molecule has 2 aromatic carbocycles. The van der Waals surface area contributed by atoms with Crippen molar-refractivity contribution in [3.8, 4) is 16.9 Å². The van der Waals surface area contributed by atoms with Crippen LogP contribution < -0.4 is 0 Å². The van der Waals surface area contributed by atoms with Crippen molar-refractivity contribution in [3.63, 3.8) is 0 Å². The van der Waals surface area contributed by atoms with Gasteiger partial charge in [0.15, 0.2) is 0 Å². The maximum atomic E-state index is 13.0. The molecule has 5 heteroatoms. The molecule has 1 heterocycles. The molecule has 1 atom stereocenters. The number of rotatable bonds is 3. The Hall–Kier alpha value is -2.66. The maximum absolute atomic E-state index is 13.0. The van der Waals surface area contributed by atoms with Crippen LogP contribution in [-0.2, 0) is 0 Å². The molecule has 1 aromatic heterocycles. The largest absolute Gasteiger partial charge is 0.508 e. The van der Waals surface area contributed by atoms with Gasteiger partial charge >= 0.3 is 0 Å². The third-order valence-electron chi connectivity index (χ3n) is 3.76. The molecular weight excluding hydrogens is 297 g/mol. The molecule has 0 aliphatic rings. The molecule has 0 amide bonds. The van der Waals surface area contributed by atoms with Crippen LogP contribution in [0.5, 0.6) is 5.75 Å². The number of aryl methyl sites for hydroxylation is 2. The standard InChI is InChI=1S/C18H16FNO3/c1-10-17(11(2)23-20-10)13-7-14(9-16(21)8-13)18(22)12-3-5-15(19)6-4-12/h3-9,18,21-22H,1-2H3. The lowest BCUT2D eigenvalue weighted by Gasteiger charge is -2.14. The second-order valence-corrected chi connectivity index (χ2v) is 5.47. The van der Waals surface area contributed by atoms with Crippen molar-refractivity contribution >= 4 is 0 Å². The fourth-order valence-corrected chi connectivity index (χ4v) is 2.67. The molecule has 0 fully saturated rings. The Labute approximate surface area is 132 Å². The van der Waals surface area contributed by atoms with Gasteiger partial charge in [-0.25, -0.2) is 4.39 Å². The molecule has 2 N–H and O–H groups in total. The summed E-state index contributed by atoms with van der Waals surface area (Å²) < 4.78 is 18.2. The van der Waals surface area contributed by atoms with Crippen LogP contribution in [0.1, 0.15) is 28.7 Å². The van der Waals surface area contributed by atoms with Crippen molar-refractivity contribution < 1.29 is 19.1 Å². The molecule has 3 aromatic rings. The third-order valence-corrected chi connectivity index (χ3v) is 3.76. The van der Waals surface area contributed by atoms with E-state index in [1.54, 1.807) is 19.1 Å². The Bertz CT molecular complexity index is 820. The second-order valence-electron chi connectivity index (χ2n) is 5.47. The Kier molecular flexibility index (Phi) is 3.88. The van der Waals surface area contributed by atoms with Crippen LogP contribution in [0.15, 0.2) is 47.0 Å². The Morgan fingerprint density at radius 1 is 1.04 bits per heavy atom. The molecule has 0 aliphatic heterocycles. The van der Waals surface area contributed by atoms with Gasteiger partial charge in [0.25, 0.3) is 0 Å². The van der Waals surface area contributed by atoms with Crippen molar-refractivity contribution in [1.82, 2.24) is 5.16 Å². The summed E-state index contributed by atoms with van der Waals surface area (Å²) >= 11 is 0. The highest BCUT2D eigenvalue weighted by molar-refractivity contribution is 5.70. The zero-order valence-corrected chi connectivity index (χ0v) is 12.7. The van der Waals surface area contributed by atoms with Crippen molar-refractivity contribution in [2.24, 2.45) is 0 Å². The van der Waals surface area contributed by atoms with Gasteiger partial charge in [-0.1, -0.05) is 17.3 Å². The van der Waals surface area contributed by atoms with Crippen molar-refractivity contribution in [1.29, 1.82) is 0 Å². The number of benzene rings is 2. The van der Waals surface area contributed by atoms with Crippen LogP contribution in [-0.4, -0.2) is 15.4 Å². The fourth-order valence-electron chi connectivity index (χ4n) is 2.67. The van der Waals surface area contributed by atoms with Crippen LogP contribution in [0.2, 0.25) is 0 Å². The number of aliphatic hydroxyl groups excluding tert-OH is 1. The molecule has 0 saturated heterocycles. The van der Waals surface area contributed by atoms with Crippen LogP contribution in [0.3, 0.4) is 0 Å². The van der Waals surface area contributed by atoms with E-state index in [0.717, 1.165) is 5.56 Å². The lowest BCUT2D eigenvalue weighted by Crippen LogP contribution is -2.00. The first-order chi connectivity index (χ1) is 11.0. The number of aromatic hydroxyl groups is 1. The van der Waals surface area contributed by atoms with E-state index >= 15 is 0 Å². The van der Waals surface area contributed by atoms with E-state index in [0.29, 0.717) is 28.1 Å². The van der Waals surface area contributed by atoms with Crippen molar-refractivity contribution in [2.75, 3.05) is 0 Å². The minimum Gasteiger partial charge on any atom is -0.508 e. The molecule has 4 nitrogen and oxygen atoms in total. The molecule has 3 rings (SSSR count). The van der Waals surface area contributed by atoms with Gasteiger partial charge in [-0.2, -0.15) is 0 Å². The lowest BCUT2D eigenvalue weighted by molar-refractivity contribution is 0.220. The van der Waals surface area contributed by atoms with Crippen molar-refractivity contribution in [3.05, 3.63) is 70.9 Å². The number of phenols is 1. The van der Waals surface area contributed by atoms with Gasteiger partial charge in [0.2, 0.25) is 0 Å². The van der Waals surface area contributed by atoms with E-state index in [9.17, 15) is 14.6 Å². The van der Waals surface area contributed by atoms with Crippen LogP contribution in [0, 0.1) is 19.7 Å². The average molecular weight is 313 g/mol. The second kappa shape index (κ2) is 5.85. The first-order valence-corrected chi connectivity index (χ1v) is 7.16. The molecule has 0 spiro atoms. The summed E-state index contributed by atoms with van der Waals surface area (Å²) in [5, 5.41) is 24.4. The lowest BCUT2D eigenvalue weighted by atomic mass is 9.96. The first-order valence-electron chi connectivity index (χ1n) is 7.16. The van der Waals surface area contributed by atoms with E-state index in [1.807, 2.05) is 6.92 Å². The average Bonchev–Trinajstić information content (AvgIpc) is 2.85. The molecule has 0 bridgehead atoms. The van der Waals surface area contributed by atoms with Gasteiger partial charge in [-0.05, 0) is 60.9 Å². The number of hydrogen-bond donors (Lipinski definition) is 2. The highest BCUT2D eigenvalue weighted by atomic mass is 19.1. The van der Waals surface area contributed by atoms with Gasteiger partial charge in [0.1, 0.15) is 23.4 Å². The highest BCUT2D eigenvalue weighted by Crippen LogP contribution is 2.33. The summed E-state index contributed by atoms with van der Waals surface area (Å²) in [6, 6.07) is 10.4. The van der Waals surface area contributed by atoms with Gasteiger partial charge in [0, 0.05) is 5.56 Å². The number of aliphatic hydroxyl groups is 1. The minimum atomic E-state index is -0.970. The minimum absolute atomic E-state index is 0.0265. The summed E-state index contributed by atoms with van der Waals surface area (Å²) in [4.78, 5) is 0. The molecule has 0 aliphatic carbocycles. The molecule has 1 unspecified atom stereocenters. The van der Waals surface area contributed by atoms with E-state index < -0.39 is 6.10 Å². The third kappa shape index (κ3) is 2.96. The van der Waals surface area contributed by atoms with Crippen LogP contribution in [0.25, 0.3) is 11.1 Å². The topological polar surface area (TPSA) is 66.5 Å². The van der Waals surface area contributed by atoms with Crippen molar-refractivity contribution in [2.45, 2.75) is 20.0 Å². The monoisotopic (exact) mass is 313 g/mol.